The van der Waals surface area contributed by atoms with E-state index in [1.807, 2.05) is 0 Å². The van der Waals surface area contributed by atoms with Crippen molar-refractivity contribution in [1.29, 1.82) is 0 Å². The lowest BCUT2D eigenvalue weighted by Gasteiger charge is -2.27. The van der Waals surface area contributed by atoms with Crippen molar-refractivity contribution in [3.05, 3.63) is 26.6 Å². The van der Waals surface area contributed by atoms with Crippen molar-refractivity contribution in [3.8, 4) is 0 Å². The molecule has 1 aliphatic heterocycles. The summed E-state index contributed by atoms with van der Waals surface area (Å²) in [6, 6.07) is 0. The summed E-state index contributed by atoms with van der Waals surface area (Å²) in [4.78, 5) is 34.5. The van der Waals surface area contributed by atoms with E-state index in [1.54, 1.807) is 25.8 Å². The van der Waals surface area contributed by atoms with Crippen LogP contribution < -0.4 is 5.56 Å². The molecule has 0 radical (unpaired) electrons. The second kappa shape index (κ2) is 6.38. The summed E-state index contributed by atoms with van der Waals surface area (Å²) in [5.41, 5.74) is 0.475. The van der Waals surface area contributed by atoms with Crippen molar-refractivity contribution < 1.29 is 14.3 Å². The molecule has 3 heterocycles. The molecule has 1 aliphatic rings. The van der Waals surface area contributed by atoms with Gasteiger partial charge in [0.2, 0.25) is 0 Å². The second-order valence-corrected chi connectivity index (χ2v) is 6.64. The van der Waals surface area contributed by atoms with Crippen molar-refractivity contribution in [3.63, 3.8) is 0 Å². The molecule has 0 unspecified atom stereocenters. The van der Waals surface area contributed by atoms with E-state index in [4.69, 9.17) is 9.47 Å². The Bertz CT molecular complexity index is 792. The Hall–Kier alpha value is -1.77. The zero-order valence-electron chi connectivity index (χ0n) is 13.3. The Labute approximate surface area is 137 Å². The Kier molecular flexibility index (Phi) is 4.47. The zero-order valence-corrected chi connectivity index (χ0v) is 14.2. The van der Waals surface area contributed by atoms with Crippen LogP contribution in [0.25, 0.3) is 10.2 Å². The van der Waals surface area contributed by atoms with Crippen LogP contribution in [-0.4, -0.2) is 60.3 Å². The first-order chi connectivity index (χ1) is 11.0. The number of rotatable bonds is 3. The number of H-pyrrole nitrogens is 1. The van der Waals surface area contributed by atoms with Crippen molar-refractivity contribution in [2.24, 2.45) is 0 Å². The smallest absolute Gasteiger partial charge is 0.264 e. The lowest BCUT2D eigenvalue weighted by Crippen LogP contribution is -2.40. The van der Waals surface area contributed by atoms with Crippen molar-refractivity contribution in [1.82, 2.24) is 14.9 Å². The molecular formula is C15H19N3O4S. The number of aryl methyl sites for hydroxylation is 2. The van der Waals surface area contributed by atoms with Crippen LogP contribution in [0.1, 0.15) is 21.1 Å². The zero-order chi connectivity index (χ0) is 16.6. The quantitative estimate of drug-likeness (QED) is 0.906. The Balaban J connectivity index is 1.87. The summed E-state index contributed by atoms with van der Waals surface area (Å²) in [6.07, 6.45) is -0.115. The number of fused-ring (bicyclic) bond motifs is 1. The van der Waals surface area contributed by atoms with Gasteiger partial charge in [0.15, 0.2) is 0 Å². The van der Waals surface area contributed by atoms with Gasteiger partial charge in [-0.05, 0) is 19.4 Å². The van der Waals surface area contributed by atoms with E-state index in [2.05, 4.69) is 9.97 Å². The van der Waals surface area contributed by atoms with Crippen LogP contribution in [0.5, 0.6) is 0 Å². The number of carbonyl (C=O) groups excluding carboxylic acids is 1. The van der Waals surface area contributed by atoms with Crippen LogP contribution in [0, 0.1) is 13.8 Å². The van der Waals surface area contributed by atoms with Gasteiger partial charge in [-0.25, -0.2) is 4.98 Å². The van der Waals surface area contributed by atoms with Gasteiger partial charge in [0.1, 0.15) is 10.7 Å². The minimum Gasteiger partial charge on any atom is -0.376 e. The molecule has 124 valence electrons. The molecule has 2 aromatic rings. The average Bonchev–Trinajstić information content (AvgIpc) is 2.84. The van der Waals surface area contributed by atoms with Gasteiger partial charge < -0.3 is 19.4 Å². The van der Waals surface area contributed by atoms with E-state index in [-0.39, 0.29) is 17.6 Å². The molecule has 0 spiro atoms. The van der Waals surface area contributed by atoms with Crippen LogP contribution in [0.4, 0.5) is 0 Å². The standard InChI is InChI=1S/C15H19N3O4S/c1-8-11-13(19)16-9(2)17-14(11)23-12(8)15(20)18(3)6-10-7-21-4-5-22-10/h10H,4-7H2,1-3H3,(H,16,17,19)/t10-/m1/s1. The number of likely N-dealkylation sites (N-methyl/N-ethyl adjacent to an activating group) is 1. The van der Waals surface area contributed by atoms with Gasteiger partial charge in [-0.3, -0.25) is 9.59 Å². The maximum atomic E-state index is 12.7. The van der Waals surface area contributed by atoms with Gasteiger partial charge in [-0.1, -0.05) is 0 Å². The lowest BCUT2D eigenvalue weighted by molar-refractivity contribution is -0.0933. The highest BCUT2D eigenvalue weighted by molar-refractivity contribution is 7.20. The molecule has 0 aliphatic carbocycles. The summed E-state index contributed by atoms with van der Waals surface area (Å²) in [5.74, 6) is 0.417. The second-order valence-electron chi connectivity index (χ2n) is 5.64. The fourth-order valence-electron chi connectivity index (χ4n) is 2.66. The summed E-state index contributed by atoms with van der Waals surface area (Å²) in [6.45, 7) is 5.60. The maximum Gasteiger partial charge on any atom is 0.264 e. The molecule has 7 nitrogen and oxygen atoms in total. The summed E-state index contributed by atoms with van der Waals surface area (Å²) < 4.78 is 10.9. The number of hydrogen-bond acceptors (Lipinski definition) is 6. The average molecular weight is 337 g/mol. The van der Waals surface area contributed by atoms with Gasteiger partial charge in [0, 0.05) is 13.6 Å². The van der Waals surface area contributed by atoms with Gasteiger partial charge in [0.05, 0.1) is 36.2 Å². The highest BCUT2D eigenvalue weighted by atomic mass is 32.1. The van der Waals surface area contributed by atoms with Gasteiger partial charge in [-0.2, -0.15) is 0 Å². The van der Waals surface area contributed by atoms with Crippen LogP contribution >= 0.6 is 11.3 Å². The van der Waals surface area contributed by atoms with Gasteiger partial charge >= 0.3 is 0 Å². The number of hydrogen-bond donors (Lipinski definition) is 1. The predicted molar refractivity (Wildman–Crippen MR) is 87.2 cm³/mol. The topological polar surface area (TPSA) is 84.5 Å². The fourth-order valence-corrected chi connectivity index (χ4v) is 3.88. The van der Waals surface area contributed by atoms with E-state index < -0.39 is 0 Å². The maximum absolute atomic E-state index is 12.7. The van der Waals surface area contributed by atoms with E-state index >= 15 is 0 Å². The van der Waals surface area contributed by atoms with E-state index in [1.165, 1.54) is 11.3 Å². The molecule has 0 aromatic carbocycles. The molecule has 1 amide bonds. The first-order valence-corrected chi connectivity index (χ1v) is 8.24. The molecule has 3 rings (SSSR count). The number of amides is 1. The highest BCUT2D eigenvalue weighted by Crippen LogP contribution is 2.28. The van der Waals surface area contributed by atoms with E-state index in [0.717, 1.165) is 0 Å². The normalized spacial score (nSPS) is 18.3. The number of nitrogens with zero attached hydrogens (tertiary/aromatic N) is 2. The third kappa shape index (κ3) is 3.15. The molecule has 23 heavy (non-hydrogen) atoms. The minimum atomic E-state index is -0.202. The number of thiophene rings is 1. The largest absolute Gasteiger partial charge is 0.376 e. The van der Waals surface area contributed by atoms with Crippen molar-refractivity contribution in [2.75, 3.05) is 33.4 Å². The van der Waals surface area contributed by atoms with Crippen LogP contribution in [0.2, 0.25) is 0 Å². The number of nitrogens with one attached hydrogen (secondary N) is 1. The first kappa shape index (κ1) is 16.1. The number of carbonyl (C=O) groups is 1. The molecular weight excluding hydrogens is 318 g/mol. The summed E-state index contributed by atoms with van der Waals surface area (Å²) >= 11 is 1.26. The number of ether oxygens (including phenoxy) is 2. The number of aromatic nitrogens is 2. The molecule has 0 saturated carbocycles. The summed E-state index contributed by atoms with van der Waals surface area (Å²) in [7, 11) is 1.73. The van der Waals surface area contributed by atoms with Crippen molar-refractivity contribution in [2.45, 2.75) is 20.0 Å². The molecule has 1 N–H and O–H groups in total. The third-order valence-electron chi connectivity index (χ3n) is 3.82. The molecule has 2 aromatic heterocycles. The first-order valence-electron chi connectivity index (χ1n) is 7.42. The number of aromatic amines is 1. The Morgan fingerprint density at radius 3 is 2.91 bits per heavy atom. The Morgan fingerprint density at radius 1 is 1.43 bits per heavy atom. The van der Waals surface area contributed by atoms with Crippen molar-refractivity contribution >= 4 is 27.5 Å². The SMILES string of the molecule is Cc1nc2sc(C(=O)N(C)C[C@@H]3COCCO3)c(C)c2c(=O)[nH]1. The molecule has 8 heteroatoms. The predicted octanol–water partition coefficient (Wildman–Crippen LogP) is 1.09. The van der Waals surface area contributed by atoms with Crippen LogP contribution in [0.15, 0.2) is 4.79 Å². The molecule has 1 fully saturated rings. The fraction of sp³-hybridized carbons (Fsp3) is 0.533. The third-order valence-corrected chi connectivity index (χ3v) is 5.00. The highest BCUT2D eigenvalue weighted by Gasteiger charge is 2.24. The van der Waals surface area contributed by atoms with E-state index in [9.17, 15) is 9.59 Å². The molecule has 1 saturated heterocycles. The van der Waals surface area contributed by atoms with Gasteiger partial charge in [0.25, 0.3) is 11.5 Å². The lowest BCUT2D eigenvalue weighted by atomic mass is 10.2. The van der Waals surface area contributed by atoms with E-state index in [0.29, 0.717) is 52.8 Å². The van der Waals surface area contributed by atoms with Crippen LogP contribution in [0.3, 0.4) is 0 Å². The molecule has 0 bridgehead atoms. The molecule has 1 atom stereocenters. The van der Waals surface area contributed by atoms with Crippen LogP contribution in [-0.2, 0) is 9.47 Å². The Morgan fingerprint density at radius 2 is 2.22 bits per heavy atom. The summed E-state index contributed by atoms with van der Waals surface area (Å²) in [5, 5.41) is 0.495. The minimum absolute atomic E-state index is 0.115. The van der Waals surface area contributed by atoms with Gasteiger partial charge in [-0.15, -0.1) is 11.3 Å². The monoisotopic (exact) mass is 337 g/mol.